The van der Waals surface area contributed by atoms with Crippen molar-refractivity contribution < 1.29 is 24.6 Å². The fourth-order valence-corrected chi connectivity index (χ4v) is 3.89. The zero-order chi connectivity index (χ0) is 30.5. The van der Waals surface area contributed by atoms with Crippen molar-refractivity contribution in [2.24, 2.45) is 16.6 Å². The van der Waals surface area contributed by atoms with Crippen molar-refractivity contribution in [2.45, 2.75) is 38.1 Å². The van der Waals surface area contributed by atoms with Crippen molar-refractivity contribution in [3.8, 4) is 5.75 Å². The molecule has 0 aliphatic heterocycles. The number of carbonyl (C=O) groups excluding carboxylic acids is 2. The number of carboxylic acid groups (broad SMARTS) is 1. The maximum Gasteiger partial charge on any atom is 0.307 e. The number of rotatable bonds is 12. The lowest BCUT2D eigenvalue weighted by atomic mass is 10.0. The van der Waals surface area contributed by atoms with Gasteiger partial charge in [0.25, 0.3) is 0 Å². The number of hydrogen-bond donors (Lipinski definition) is 4. The summed E-state index contributed by atoms with van der Waals surface area (Å²) in [7, 11) is 0. The lowest BCUT2D eigenvalue weighted by Crippen LogP contribution is -2.25. The molecule has 3 aromatic carbocycles. The van der Waals surface area contributed by atoms with E-state index in [1.54, 1.807) is 36.4 Å². The topological polar surface area (TPSA) is 142 Å². The molecular weight excluding hydrogens is 554 g/mol. The molecule has 1 aliphatic rings. The monoisotopic (exact) mass is 587 g/mol. The molecule has 42 heavy (non-hydrogen) atoms. The molecule has 1 fully saturated rings. The normalized spacial score (nSPS) is 13.3. The molecule has 3 aromatic rings. The molecule has 0 bridgehead atoms. The first-order chi connectivity index (χ1) is 20.1. The molecule has 9 heteroatoms. The van der Waals surface area contributed by atoms with E-state index in [-0.39, 0.29) is 18.1 Å². The summed E-state index contributed by atoms with van der Waals surface area (Å²) in [4.78, 5) is 38.0. The number of carbonyl (C=O) groups is 3. The van der Waals surface area contributed by atoms with E-state index in [0.29, 0.717) is 28.7 Å². The Bertz CT molecular complexity index is 1450. The van der Waals surface area contributed by atoms with Crippen LogP contribution in [0.25, 0.3) is 12.2 Å². The van der Waals surface area contributed by atoms with E-state index in [9.17, 15) is 14.4 Å². The van der Waals surface area contributed by atoms with Crippen molar-refractivity contribution >= 4 is 53.4 Å². The van der Waals surface area contributed by atoms with Gasteiger partial charge in [-0.25, -0.2) is 0 Å². The highest BCUT2D eigenvalue weighted by Gasteiger charge is 2.22. The summed E-state index contributed by atoms with van der Waals surface area (Å²) in [6, 6.07) is 20.1. The SMILES string of the molecule is C=CC(C=Nc1ccc(/C=C/c2ccc(Cl)cc2)cc1CC(=O)O)C(N)=O.O=C(CCc1ccc(O)cc1)NC1CC1. The maximum absolute atomic E-state index is 11.4. The Morgan fingerprint density at radius 3 is 2.26 bits per heavy atom. The van der Waals surface area contributed by atoms with Gasteiger partial charge in [-0.3, -0.25) is 19.4 Å². The van der Waals surface area contributed by atoms with E-state index in [0.717, 1.165) is 36.0 Å². The summed E-state index contributed by atoms with van der Waals surface area (Å²) in [5, 5.41) is 21.8. The highest BCUT2D eigenvalue weighted by Crippen LogP contribution is 2.23. The number of aryl methyl sites for hydroxylation is 1. The van der Waals surface area contributed by atoms with E-state index in [1.165, 1.54) is 12.3 Å². The first-order valence-corrected chi connectivity index (χ1v) is 13.8. The van der Waals surface area contributed by atoms with Gasteiger partial charge in [-0.05, 0) is 77.9 Å². The van der Waals surface area contributed by atoms with Crippen molar-refractivity contribution in [3.63, 3.8) is 0 Å². The number of primary amides is 1. The second kappa shape index (κ2) is 15.9. The van der Waals surface area contributed by atoms with Crippen LogP contribution < -0.4 is 11.1 Å². The van der Waals surface area contributed by atoms with Gasteiger partial charge in [0.05, 0.1) is 18.0 Å². The number of halogens is 1. The molecule has 0 heterocycles. The Labute approximate surface area is 250 Å². The number of aliphatic carboxylic acids is 1. The van der Waals surface area contributed by atoms with Gasteiger partial charge in [-0.2, -0.15) is 0 Å². The summed E-state index contributed by atoms with van der Waals surface area (Å²) < 4.78 is 0. The minimum absolute atomic E-state index is 0.130. The van der Waals surface area contributed by atoms with Gasteiger partial charge >= 0.3 is 5.97 Å². The van der Waals surface area contributed by atoms with Crippen LogP contribution in [0.5, 0.6) is 5.75 Å². The predicted molar refractivity (Wildman–Crippen MR) is 167 cm³/mol. The first-order valence-electron chi connectivity index (χ1n) is 13.4. The number of phenolic OH excluding ortho intramolecular Hbond substituents is 1. The van der Waals surface area contributed by atoms with Crippen LogP contribution >= 0.6 is 11.6 Å². The van der Waals surface area contributed by atoms with Crippen molar-refractivity contribution in [2.75, 3.05) is 0 Å². The average Bonchev–Trinajstić information content (AvgIpc) is 3.77. The molecule has 1 unspecified atom stereocenters. The fraction of sp³-hybridized carbons (Fsp3) is 0.212. The number of nitrogens with two attached hydrogens (primary N) is 1. The molecule has 1 atom stereocenters. The van der Waals surface area contributed by atoms with Gasteiger partial charge in [-0.1, -0.05) is 60.2 Å². The van der Waals surface area contributed by atoms with Crippen LogP contribution in [0.15, 0.2) is 84.4 Å². The van der Waals surface area contributed by atoms with Gasteiger partial charge in [0.1, 0.15) is 5.75 Å². The Morgan fingerprint density at radius 1 is 1.02 bits per heavy atom. The van der Waals surface area contributed by atoms with Crippen LogP contribution in [0.4, 0.5) is 5.69 Å². The third-order valence-corrected chi connectivity index (χ3v) is 6.51. The van der Waals surface area contributed by atoms with Crippen LogP contribution in [0.1, 0.15) is 41.5 Å². The van der Waals surface area contributed by atoms with Crippen molar-refractivity contribution in [1.82, 2.24) is 5.32 Å². The quantitative estimate of drug-likeness (QED) is 0.122. The Kier molecular flexibility index (Phi) is 12.1. The molecule has 0 saturated heterocycles. The summed E-state index contributed by atoms with van der Waals surface area (Å²) >= 11 is 5.87. The number of benzene rings is 3. The molecule has 218 valence electrons. The summed E-state index contributed by atoms with van der Waals surface area (Å²) in [5.41, 5.74) is 9.12. The highest BCUT2D eigenvalue weighted by molar-refractivity contribution is 6.30. The van der Waals surface area contributed by atoms with E-state index < -0.39 is 17.8 Å². The zero-order valence-electron chi connectivity index (χ0n) is 23.1. The van der Waals surface area contributed by atoms with E-state index in [4.69, 9.17) is 27.5 Å². The van der Waals surface area contributed by atoms with Crippen LogP contribution in [-0.2, 0) is 27.2 Å². The van der Waals surface area contributed by atoms with Crippen LogP contribution in [0, 0.1) is 5.92 Å². The molecule has 1 saturated carbocycles. The van der Waals surface area contributed by atoms with E-state index in [1.807, 2.05) is 42.5 Å². The van der Waals surface area contributed by atoms with Gasteiger partial charge in [-0.15, -0.1) is 6.58 Å². The predicted octanol–water partition coefficient (Wildman–Crippen LogP) is 5.73. The average molecular weight is 588 g/mol. The number of phenols is 1. The number of carboxylic acids is 1. The molecule has 0 spiro atoms. The number of aliphatic imine (C=N–C) groups is 1. The lowest BCUT2D eigenvalue weighted by molar-refractivity contribution is -0.136. The Hall–Kier alpha value is -4.69. The number of amides is 2. The third kappa shape index (κ3) is 11.4. The summed E-state index contributed by atoms with van der Waals surface area (Å²) in [6.45, 7) is 3.53. The molecule has 5 N–H and O–H groups in total. The van der Waals surface area contributed by atoms with Crippen molar-refractivity contribution in [1.29, 1.82) is 0 Å². The smallest absolute Gasteiger partial charge is 0.307 e. The minimum Gasteiger partial charge on any atom is -0.508 e. The molecule has 0 aromatic heterocycles. The van der Waals surface area contributed by atoms with Gasteiger partial charge in [0.2, 0.25) is 11.8 Å². The minimum atomic E-state index is -0.972. The van der Waals surface area contributed by atoms with Crippen molar-refractivity contribution in [3.05, 3.63) is 107 Å². The summed E-state index contributed by atoms with van der Waals surface area (Å²) in [5.74, 6) is -1.87. The van der Waals surface area contributed by atoms with Gasteiger partial charge in [0, 0.05) is 23.7 Å². The van der Waals surface area contributed by atoms with Crippen LogP contribution in [0.3, 0.4) is 0 Å². The molecule has 0 radical (unpaired) electrons. The Morgan fingerprint density at radius 2 is 1.67 bits per heavy atom. The van der Waals surface area contributed by atoms with E-state index in [2.05, 4.69) is 16.9 Å². The first kappa shape index (κ1) is 31.8. The summed E-state index contributed by atoms with van der Waals surface area (Å²) in [6.07, 6.45) is 9.85. The number of nitrogens with zero attached hydrogens (tertiary/aromatic N) is 1. The third-order valence-electron chi connectivity index (χ3n) is 6.26. The van der Waals surface area contributed by atoms with Gasteiger partial charge in [0.15, 0.2) is 0 Å². The molecular formula is C33H34ClN3O5. The van der Waals surface area contributed by atoms with Gasteiger partial charge < -0.3 is 21.3 Å². The van der Waals surface area contributed by atoms with Crippen LogP contribution in [-0.4, -0.2) is 40.3 Å². The molecule has 2 amide bonds. The maximum atomic E-state index is 11.4. The second-order valence-electron chi connectivity index (χ2n) is 9.79. The molecule has 4 rings (SSSR count). The standard InChI is InChI=1S/C21H19ClN2O3.C12H15NO2/c1-2-16(21(23)27)13-24-19-10-7-15(11-17(19)12-20(25)26)4-3-14-5-8-18(22)9-6-14;14-11-6-1-9(2-7-11)3-8-12(15)13-10-4-5-10/h2-11,13,16H,1,12H2,(H2,23,27)(H,25,26);1-2,6-7,10,14H,3-5,8H2,(H,13,15)/b4-3+,24-13?;. The number of hydrogen-bond acceptors (Lipinski definition) is 5. The van der Waals surface area contributed by atoms with E-state index >= 15 is 0 Å². The van der Waals surface area contributed by atoms with Crippen LogP contribution in [0.2, 0.25) is 5.02 Å². The number of aromatic hydroxyl groups is 1. The Balaban J connectivity index is 0.000000271. The highest BCUT2D eigenvalue weighted by atomic mass is 35.5. The number of nitrogens with one attached hydrogen (secondary N) is 1. The molecule has 1 aliphatic carbocycles. The molecule has 8 nitrogen and oxygen atoms in total. The fourth-order valence-electron chi connectivity index (χ4n) is 3.76. The second-order valence-corrected chi connectivity index (χ2v) is 10.2. The lowest BCUT2D eigenvalue weighted by Gasteiger charge is -2.06. The largest absolute Gasteiger partial charge is 0.508 e. The zero-order valence-corrected chi connectivity index (χ0v) is 23.8.